The summed E-state index contributed by atoms with van der Waals surface area (Å²) in [6.45, 7) is 2.20. The lowest BCUT2D eigenvalue weighted by molar-refractivity contribution is 0.732. The molecule has 0 aromatic carbocycles. The van der Waals surface area contributed by atoms with Crippen molar-refractivity contribution in [2.45, 2.75) is 12.3 Å². The largest absolute Gasteiger partial charge is 0.316 e. The highest BCUT2D eigenvalue weighted by Gasteiger charge is 2.17. The Morgan fingerprint density at radius 3 is 3.08 bits per heavy atom. The maximum Gasteiger partial charge on any atom is 0.106 e. The molecule has 0 aliphatic carbocycles. The van der Waals surface area contributed by atoms with Crippen molar-refractivity contribution in [3.63, 3.8) is 0 Å². The van der Waals surface area contributed by atoms with Crippen LogP contribution in [0.3, 0.4) is 0 Å². The first-order valence-corrected chi connectivity index (χ1v) is 4.99. The van der Waals surface area contributed by atoms with Gasteiger partial charge < -0.3 is 5.32 Å². The Morgan fingerprint density at radius 1 is 1.50 bits per heavy atom. The quantitative estimate of drug-likeness (QED) is 0.741. The topological polar surface area (TPSA) is 24.9 Å². The maximum absolute atomic E-state index is 4.43. The van der Waals surface area contributed by atoms with E-state index in [9.17, 15) is 0 Å². The summed E-state index contributed by atoms with van der Waals surface area (Å²) < 4.78 is 0.937. The monoisotopic (exact) mass is 226 g/mol. The minimum Gasteiger partial charge on any atom is -0.316 e. The number of pyridine rings is 1. The van der Waals surface area contributed by atoms with E-state index in [0.29, 0.717) is 5.92 Å². The van der Waals surface area contributed by atoms with Crippen molar-refractivity contribution in [1.82, 2.24) is 10.3 Å². The van der Waals surface area contributed by atoms with E-state index in [0.717, 1.165) is 17.7 Å². The van der Waals surface area contributed by atoms with Gasteiger partial charge in [-0.25, -0.2) is 4.98 Å². The van der Waals surface area contributed by atoms with Gasteiger partial charge in [-0.1, -0.05) is 6.07 Å². The Bertz CT molecular complexity index is 269. The molecule has 1 aliphatic rings. The van der Waals surface area contributed by atoms with Gasteiger partial charge in [0.05, 0.1) is 0 Å². The Labute approximate surface area is 80.5 Å². The average Bonchev–Trinajstić information content (AvgIpc) is 2.56. The summed E-state index contributed by atoms with van der Waals surface area (Å²) >= 11 is 3.38. The predicted molar refractivity (Wildman–Crippen MR) is 52.2 cm³/mol. The third-order valence-corrected chi connectivity index (χ3v) is 2.66. The first kappa shape index (κ1) is 8.20. The normalized spacial score (nSPS) is 22.9. The average molecular weight is 227 g/mol. The van der Waals surface area contributed by atoms with E-state index in [1.54, 1.807) is 0 Å². The van der Waals surface area contributed by atoms with Gasteiger partial charge >= 0.3 is 0 Å². The minimum absolute atomic E-state index is 0.613. The van der Waals surface area contributed by atoms with E-state index in [1.807, 2.05) is 12.1 Å². The van der Waals surface area contributed by atoms with Gasteiger partial charge in [0, 0.05) is 18.2 Å². The molecule has 1 N–H and O–H groups in total. The molecule has 3 heteroatoms. The zero-order valence-corrected chi connectivity index (χ0v) is 8.34. The lowest BCUT2D eigenvalue weighted by atomic mass is 10.0. The molecule has 0 unspecified atom stereocenters. The molecular weight excluding hydrogens is 216 g/mol. The number of rotatable bonds is 1. The van der Waals surface area contributed by atoms with Crippen LogP contribution in [0, 0.1) is 0 Å². The molecule has 2 heterocycles. The van der Waals surface area contributed by atoms with E-state index in [2.05, 4.69) is 32.3 Å². The molecule has 12 heavy (non-hydrogen) atoms. The smallest absolute Gasteiger partial charge is 0.106 e. The molecule has 0 bridgehead atoms. The van der Waals surface area contributed by atoms with Crippen LogP contribution in [0.5, 0.6) is 0 Å². The lowest BCUT2D eigenvalue weighted by Crippen LogP contribution is -2.08. The first-order valence-electron chi connectivity index (χ1n) is 4.19. The van der Waals surface area contributed by atoms with Crippen molar-refractivity contribution in [1.29, 1.82) is 0 Å². The molecule has 1 aromatic rings. The van der Waals surface area contributed by atoms with Crippen LogP contribution in [0.4, 0.5) is 0 Å². The molecular formula is C9H11BrN2. The summed E-state index contributed by atoms with van der Waals surface area (Å²) in [6.07, 6.45) is 1.21. The molecule has 1 fully saturated rings. The highest BCUT2D eigenvalue weighted by molar-refractivity contribution is 9.10. The van der Waals surface area contributed by atoms with Crippen molar-refractivity contribution < 1.29 is 0 Å². The molecule has 1 saturated heterocycles. The van der Waals surface area contributed by atoms with Crippen LogP contribution in [-0.4, -0.2) is 18.1 Å². The first-order chi connectivity index (χ1) is 5.86. The SMILES string of the molecule is Brc1cccc([C@@H]2CCNC2)n1. The third-order valence-electron chi connectivity index (χ3n) is 2.22. The van der Waals surface area contributed by atoms with Crippen molar-refractivity contribution >= 4 is 15.9 Å². The molecule has 1 atom stereocenters. The van der Waals surface area contributed by atoms with Crippen LogP contribution in [0.2, 0.25) is 0 Å². The maximum atomic E-state index is 4.43. The summed E-state index contributed by atoms with van der Waals surface area (Å²) in [5, 5.41) is 3.33. The fourth-order valence-electron chi connectivity index (χ4n) is 1.56. The predicted octanol–water partition coefficient (Wildman–Crippen LogP) is 1.92. The second kappa shape index (κ2) is 3.54. The molecule has 0 spiro atoms. The summed E-state index contributed by atoms with van der Waals surface area (Å²) in [7, 11) is 0. The number of hydrogen-bond donors (Lipinski definition) is 1. The van der Waals surface area contributed by atoms with E-state index in [-0.39, 0.29) is 0 Å². The van der Waals surface area contributed by atoms with E-state index >= 15 is 0 Å². The van der Waals surface area contributed by atoms with Crippen molar-refractivity contribution in [2.24, 2.45) is 0 Å². The molecule has 2 rings (SSSR count). The standard InChI is InChI=1S/C9H11BrN2/c10-9-3-1-2-8(12-9)7-4-5-11-6-7/h1-3,7,11H,4-6H2/t7-/m1/s1. The highest BCUT2D eigenvalue weighted by Crippen LogP contribution is 2.21. The Morgan fingerprint density at radius 2 is 2.42 bits per heavy atom. The molecule has 1 aromatic heterocycles. The minimum atomic E-state index is 0.613. The van der Waals surface area contributed by atoms with Crippen LogP contribution in [0.15, 0.2) is 22.8 Å². The summed E-state index contributed by atoms with van der Waals surface area (Å²) in [5.41, 5.74) is 1.20. The second-order valence-electron chi connectivity index (χ2n) is 3.07. The van der Waals surface area contributed by atoms with E-state index in [4.69, 9.17) is 0 Å². The summed E-state index contributed by atoms with van der Waals surface area (Å²) in [4.78, 5) is 4.43. The molecule has 0 radical (unpaired) electrons. The number of nitrogens with one attached hydrogen (secondary N) is 1. The van der Waals surface area contributed by atoms with Gasteiger partial charge in [-0.15, -0.1) is 0 Å². The summed E-state index contributed by atoms with van der Waals surface area (Å²) in [6, 6.07) is 6.11. The van der Waals surface area contributed by atoms with Gasteiger partial charge in [-0.3, -0.25) is 0 Å². The third kappa shape index (κ3) is 1.67. The Hall–Kier alpha value is -0.410. The summed E-state index contributed by atoms with van der Waals surface area (Å²) in [5.74, 6) is 0.613. The van der Waals surface area contributed by atoms with E-state index < -0.39 is 0 Å². The number of hydrogen-bond acceptors (Lipinski definition) is 2. The van der Waals surface area contributed by atoms with Crippen LogP contribution in [0.25, 0.3) is 0 Å². The number of nitrogens with zero attached hydrogens (tertiary/aromatic N) is 1. The fourth-order valence-corrected chi connectivity index (χ4v) is 1.92. The Balaban J connectivity index is 2.21. The van der Waals surface area contributed by atoms with E-state index in [1.165, 1.54) is 12.1 Å². The van der Waals surface area contributed by atoms with Gasteiger partial charge in [-0.2, -0.15) is 0 Å². The Kier molecular flexibility index (Phi) is 2.42. The van der Waals surface area contributed by atoms with Crippen LogP contribution in [-0.2, 0) is 0 Å². The van der Waals surface area contributed by atoms with Crippen LogP contribution >= 0.6 is 15.9 Å². The van der Waals surface area contributed by atoms with Crippen molar-refractivity contribution in [3.8, 4) is 0 Å². The lowest BCUT2D eigenvalue weighted by Gasteiger charge is -2.06. The number of aromatic nitrogens is 1. The molecule has 0 saturated carbocycles. The fraction of sp³-hybridized carbons (Fsp3) is 0.444. The van der Waals surface area contributed by atoms with Crippen molar-refractivity contribution in [3.05, 3.63) is 28.5 Å². The van der Waals surface area contributed by atoms with Crippen LogP contribution in [0.1, 0.15) is 18.0 Å². The molecule has 2 nitrogen and oxygen atoms in total. The van der Waals surface area contributed by atoms with Gasteiger partial charge in [0.1, 0.15) is 4.60 Å². The number of halogens is 1. The zero-order valence-electron chi connectivity index (χ0n) is 6.76. The molecule has 64 valence electrons. The van der Waals surface area contributed by atoms with Crippen LogP contribution < -0.4 is 5.32 Å². The van der Waals surface area contributed by atoms with Crippen molar-refractivity contribution in [2.75, 3.05) is 13.1 Å². The van der Waals surface area contributed by atoms with Gasteiger partial charge in [0.15, 0.2) is 0 Å². The molecule has 0 amide bonds. The van der Waals surface area contributed by atoms with Gasteiger partial charge in [0.25, 0.3) is 0 Å². The molecule has 1 aliphatic heterocycles. The van der Waals surface area contributed by atoms with Gasteiger partial charge in [0.2, 0.25) is 0 Å². The highest BCUT2D eigenvalue weighted by atomic mass is 79.9. The second-order valence-corrected chi connectivity index (χ2v) is 3.89. The van der Waals surface area contributed by atoms with Gasteiger partial charge in [-0.05, 0) is 41.0 Å². The zero-order chi connectivity index (χ0) is 8.39.